The highest BCUT2D eigenvalue weighted by Gasteiger charge is 2.22. The number of rotatable bonds is 9. The van der Waals surface area contributed by atoms with Crippen LogP contribution in [0.1, 0.15) is 49.5 Å². The minimum Gasteiger partial charge on any atom is -0.447 e. The van der Waals surface area contributed by atoms with Gasteiger partial charge in [-0.2, -0.15) is 0 Å². The van der Waals surface area contributed by atoms with Crippen LogP contribution in [0, 0.1) is 5.92 Å². The van der Waals surface area contributed by atoms with Gasteiger partial charge in [-0.25, -0.2) is 4.98 Å². The summed E-state index contributed by atoms with van der Waals surface area (Å²) in [6.07, 6.45) is 5.00. The summed E-state index contributed by atoms with van der Waals surface area (Å²) in [5.41, 5.74) is 0.347. The van der Waals surface area contributed by atoms with Crippen molar-refractivity contribution >= 4 is 5.91 Å². The second kappa shape index (κ2) is 11.1. The van der Waals surface area contributed by atoms with Crippen molar-refractivity contribution in [1.82, 2.24) is 25.0 Å². The van der Waals surface area contributed by atoms with Gasteiger partial charge in [0.05, 0.1) is 12.6 Å². The molecule has 3 heterocycles. The number of aliphatic hydroxyl groups is 1. The van der Waals surface area contributed by atoms with E-state index in [-0.39, 0.29) is 12.0 Å². The first-order valence-corrected chi connectivity index (χ1v) is 11.1. The molecule has 0 bridgehead atoms. The number of aliphatic hydroxyl groups excluding tert-OH is 1. The Hall–Kier alpha value is -1.48. The maximum Gasteiger partial charge on any atom is 0.273 e. The van der Waals surface area contributed by atoms with Crippen LogP contribution in [0.25, 0.3) is 0 Å². The van der Waals surface area contributed by atoms with E-state index < -0.39 is 0 Å². The van der Waals surface area contributed by atoms with Crippen LogP contribution in [0.5, 0.6) is 0 Å². The highest BCUT2D eigenvalue weighted by molar-refractivity contribution is 5.91. The van der Waals surface area contributed by atoms with Crippen LogP contribution in [0.2, 0.25) is 0 Å². The van der Waals surface area contributed by atoms with Crippen LogP contribution in [-0.2, 0) is 6.54 Å². The van der Waals surface area contributed by atoms with Crippen LogP contribution < -0.4 is 5.32 Å². The van der Waals surface area contributed by atoms with Crippen LogP contribution in [0.4, 0.5) is 0 Å². The number of nitrogens with zero attached hydrogens (tertiary/aromatic N) is 4. The molecule has 3 rings (SSSR count). The van der Waals surface area contributed by atoms with E-state index in [2.05, 4.69) is 38.8 Å². The number of carbonyl (C=O) groups excluding carboxylic acids is 1. The molecule has 29 heavy (non-hydrogen) atoms. The average Bonchev–Trinajstić information content (AvgIpc) is 3.17. The van der Waals surface area contributed by atoms with E-state index in [1.165, 1.54) is 25.5 Å². The molecule has 0 spiro atoms. The standard InChI is InChI=1S/C21H37N5O3/c1-17(2)12-22-21(28)19-16-29-20(23-19)15-26-10-8-25(9-11-26)14-18(27)13-24-6-4-3-5-7-24/h16-18,27H,3-15H2,1-2H3,(H,22,28)/t18-/m1/s1. The zero-order valence-electron chi connectivity index (χ0n) is 18.0. The first-order chi connectivity index (χ1) is 14.0. The van der Waals surface area contributed by atoms with Gasteiger partial charge in [0.1, 0.15) is 6.26 Å². The molecular formula is C21H37N5O3. The molecule has 2 N–H and O–H groups in total. The Morgan fingerprint density at radius 1 is 1.07 bits per heavy atom. The van der Waals surface area contributed by atoms with Crippen molar-refractivity contribution in [3.63, 3.8) is 0 Å². The lowest BCUT2D eigenvalue weighted by Gasteiger charge is -2.36. The number of hydrogen-bond donors (Lipinski definition) is 2. The molecule has 1 amide bonds. The SMILES string of the molecule is CC(C)CNC(=O)c1coc(CN2CCN(C[C@H](O)CN3CCCCC3)CC2)n1. The molecule has 0 radical (unpaired) electrons. The number of β-amino-alcohol motifs (C(OH)–C–C–N with tert-alkyl or cyclic N) is 1. The number of piperidine rings is 1. The van der Waals surface area contributed by atoms with Crippen molar-refractivity contribution in [3.05, 3.63) is 17.8 Å². The zero-order chi connectivity index (χ0) is 20.6. The van der Waals surface area contributed by atoms with Gasteiger partial charge in [0, 0.05) is 45.8 Å². The largest absolute Gasteiger partial charge is 0.447 e. The Bertz CT molecular complexity index is 622. The van der Waals surface area contributed by atoms with E-state index in [0.29, 0.717) is 30.6 Å². The molecule has 0 saturated carbocycles. The predicted molar refractivity (Wildman–Crippen MR) is 112 cm³/mol. The maximum absolute atomic E-state index is 12.1. The number of aromatic nitrogens is 1. The Morgan fingerprint density at radius 3 is 2.34 bits per heavy atom. The second-order valence-electron chi connectivity index (χ2n) is 8.82. The Balaban J connectivity index is 1.36. The summed E-state index contributed by atoms with van der Waals surface area (Å²) < 4.78 is 5.50. The summed E-state index contributed by atoms with van der Waals surface area (Å²) in [5.74, 6) is 0.805. The van der Waals surface area contributed by atoms with Gasteiger partial charge < -0.3 is 19.7 Å². The molecule has 164 valence electrons. The third-order valence-electron chi connectivity index (χ3n) is 5.67. The molecule has 1 aromatic rings. The molecule has 1 atom stereocenters. The lowest BCUT2D eigenvalue weighted by molar-refractivity contribution is 0.0434. The molecule has 0 unspecified atom stereocenters. The second-order valence-corrected chi connectivity index (χ2v) is 8.82. The van der Waals surface area contributed by atoms with E-state index >= 15 is 0 Å². The number of piperazine rings is 1. The molecule has 8 heteroatoms. The molecule has 1 aromatic heterocycles. The first-order valence-electron chi connectivity index (χ1n) is 11.1. The highest BCUT2D eigenvalue weighted by atomic mass is 16.3. The summed E-state index contributed by atoms with van der Waals surface area (Å²) in [7, 11) is 0. The lowest BCUT2D eigenvalue weighted by atomic mass is 10.1. The summed E-state index contributed by atoms with van der Waals surface area (Å²) >= 11 is 0. The number of hydrogen-bond acceptors (Lipinski definition) is 7. The number of amides is 1. The minimum absolute atomic E-state index is 0.179. The normalized spacial score (nSPS) is 20.8. The van der Waals surface area contributed by atoms with E-state index in [9.17, 15) is 9.90 Å². The van der Waals surface area contributed by atoms with Crippen LogP contribution in [0.15, 0.2) is 10.7 Å². The maximum atomic E-state index is 12.1. The van der Waals surface area contributed by atoms with E-state index in [1.807, 2.05) is 0 Å². The van der Waals surface area contributed by atoms with E-state index in [1.54, 1.807) is 0 Å². The monoisotopic (exact) mass is 407 g/mol. The third-order valence-corrected chi connectivity index (χ3v) is 5.67. The molecule has 0 aromatic carbocycles. The Kier molecular flexibility index (Phi) is 8.47. The molecule has 0 aliphatic carbocycles. The van der Waals surface area contributed by atoms with Gasteiger partial charge >= 0.3 is 0 Å². The predicted octanol–water partition coefficient (Wildman–Crippen LogP) is 1.02. The highest BCUT2D eigenvalue weighted by Crippen LogP contribution is 2.12. The number of likely N-dealkylation sites (tertiary alicyclic amines) is 1. The topological polar surface area (TPSA) is 85.1 Å². The molecule has 2 saturated heterocycles. The summed E-state index contributed by atoms with van der Waals surface area (Å²) in [4.78, 5) is 23.4. The van der Waals surface area contributed by atoms with Gasteiger partial charge in [-0.1, -0.05) is 20.3 Å². The van der Waals surface area contributed by atoms with Crippen molar-refractivity contribution in [2.45, 2.75) is 45.8 Å². The minimum atomic E-state index is -0.279. The van der Waals surface area contributed by atoms with E-state index in [0.717, 1.165) is 52.4 Å². The van der Waals surface area contributed by atoms with Gasteiger partial charge in [0.25, 0.3) is 5.91 Å². The number of carbonyl (C=O) groups is 1. The summed E-state index contributed by atoms with van der Waals surface area (Å²) in [6, 6.07) is 0. The Labute approximate surface area is 174 Å². The van der Waals surface area contributed by atoms with Crippen molar-refractivity contribution in [3.8, 4) is 0 Å². The van der Waals surface area contributed by atoms with Crippen LogP contribution in [-0.4, -0.2) is 95.7 Å². The van der Waals surface area contributed by atoms with Gasteiger partial charge in [-0.3, -0.25) is 14.6 Å². The van der Waals surface area contributed by atoms with Gasteiger partial charge in [-0.15, -0.1) is 0 Å². The molecule has 2 aliphatic rings. The Morgan fingerprint density at radius 2 is 1.69 bits per heavy atom. The number of oxazole rings is 1. The van der Waals surface area contributed by atoms with Crippen LogP contribution in [0.3, 0.4) is 0 Å². The average molecular weight is 408 g/mol. The van der Waals surface area contributed by atoms with Crippen molar-refractivity contribution in [2.75, 3.05) is 58.9 Å². The fourth-order valence-electron chi connectivity index (χ4n) is 3.99. The lowest BCUT2D eigenvalue weighted by Crippen LogP contribution is -2.50. The smallest absolute Gasteiger partial charge is 0.273 e. The molecule has 8 nitrogen and oxygen atoms in total. The zero-order valence-corrected chi connectivity index (χ0v) is 18.0. The van der Waals surface area contributed by atoms with Gasteiger partial charge in [-0.05, 0) is 31.8 Å². The third kappa shape index (κ3) is 7.37. The quantitative estimate of drug-likeness (QED) is 0.632. The van der Waals surface area contributed by atoms with Crippen LogP contribution >= 0.6 is 0 Å². The molecular weight excluding hydrogens is 370 g/mol. The first kappa shape index (κ1) is 22.2. The fourth-order valence-corrected chi connectivity index (χ4v) is 3.99. The van der Waals surface area contributed by atoms with Crippen molar-refractivity contribution in [1.29, 1.82) is 0 Å². The van der Waals surface area contributed by atoms with Crippen molar-refractivity contribution < 1.29 is 14.3 Å². The fraction of sp³-hybridized carbons (Fsp3) is 0.810. The van der Waals surface area contributed by atoms with Gasteiger partial charge in [0.2, 0.25) is 5.89 Å². The van der Waals surface area contributed by atoms with Gasteiger partial charge in [0.15, 0.2) is 5.69 Å². The summed E-state index contributed by atoms with van der Waals surface area (Å²) in [5, 5.41) is 13.3. The molecule has 2 fully saturated rings. The number of nitrogens with one attached hydrogen (secondary N) is 1. The molecule has 2 aliphatic heterocycles. The summed E-state index contributed by atoms with van der Waals surface area (Å²) in [6.45, 7) is 12.8. The van der Waals surface area contributed by atoms with Crippen molar-refractivity contribution in [2.24, 2.45) is 5.92 Å². The van der Waals surface area contributed by atoms with E-state index in [4.69, 9.17) is 4.42 Å².